The van der Waals surface area contributed by atoms with Crippen molar-refractivity contribution in [1.82, 2.24) is 9.27 Å². The minimum atomic E-state index is 0.158. The summed E-state index contributed by atoms with van der Waals surface area (Å²) >= 11 is 1.29. The first-order valence-corrected chi connectivity index (χ1v) is 8.32. The van der Waals surface area contributed by atoms with Crippen molar-refractivity contribution in [2.45, 2.75) is 19.3 Å². The zero-order chi connectivity index (χ0) is 14.4. The summed E-state index contributed by atoms with van der Waals surface area (Å²) in [5.74, 6) is 1.59. The topological polar surface area (TPSA) is 53.4 Å². The van der Waals surface area contributed by atoms with E-state index in [0.717, 1.165) is 16.6 Å². The maximum absolute atomic E-state index is 12.6. The highest BCUT2D eigenvalue weighted by molar-refractivity contribution is 7.13. The number of hydrogen-bond acceptors (Lipinski definition) is 5. The van der Waals surface area contributed by atoms with Crippen LogP contribution >= 0.6 is 11.5 Å². The molecule has 0 radical (unpaired) electrons. The lowest BCUT2D eigenvalue weighted by Crippen LogP contribution is -2.47. The van der Waals surface area contributed by atoms with E-state index < -0.39 is 0 Å². The van der Waals surface area contributed by atoms with Gasteiger partial charge in [0.05, 0.1) is 4.70 Å². The second kappa shape index (κ2) is 5.07. The van der Waals surface area contributed by atoms with E-state index in [0.29, 0.717) is 24.0 Å². The van der Waals surface area contributed by atoms with Crippen molar-refractivity contribution in [2.24, 2.45) is 11.8 Å². The molecule has 2 bridgehead atoms. The van der Waals surface area contributed by atoms with E-state index in [1.54, 1.807) is 18.2 Å². The van der Waals surface area contributed by atoms with Crippen LogP contribution in [0.25, 0.3) is 10.1 Å². The first kappa shape index (κ1) is 13.2. The van der Waals surface area contributed by atoms with Crippen LogP contribution in [-0.2, 0) is 0 Å². The summed E-state index contributed by atoms with van der Waals surface area (Å²) in [6, 6.07) is 5.11. The highest BCUT2D eigenvalue weighted by Gasteiger charge is 2.35. The van der Waals surface area contributed by atoms with Gasteiger partial charge in [-0.05, 0) is 67.5 Å². The molecule has 1 N–H and O–H groups in total. The van der Waals surface area contributed by atoms with Crippen LogP contribution in [0.5, 0.6) is 5.75 Å². The number of phenolic OH excluding ortho intramolecular Hbond substituents is 1. The Morgan fingerprint density at radius 1 is 1.38 bits per heavy atom. The van der Waals surface area contributed by atoms with E-state index in [4.69, 9.17) is 0 Å². The summed E-state index contributed by atoms with van der Waals surface area (Å²) in [6.45, 7) is 3.47. The summed E-state index contributed by atoms with van der Waals surface area (Å²) in [5, 5.41) is 10.4. The average molecular weight is 302 g/mol. The van der Waals surface area contributed by atoms with Crippen LogP contribution < -0.4 is 0 Å². The fourth-order valence-corrected chi connectivity index (χ4v) is 4.61. The van der Waals surface area contributed by atoms with Crippen LogP contribution in [0.15, 0.2) is 18.2 Å². The zero-order valence-corrected chi connectivity index (χ0v) is 12.6. The van der Waals surface area contributed by atoms with Gasteiger partial charge in [0, 0.05) is 18.4 Å². The van der Waals surface area contributed by atoms with Gasteiger partial charge in [0.25, 0.3) is 0 Å². The van der Waals surface area contributed by atoms with Gasteiger partial charge in [-0.15, -0.1) is 0 Å². The van der Waals surface area contributed by atoms with Crippen molar-refractivity contribution in [3.63, 3.8) is 0 Å². The number of Topliss-reactive ketones (excluding diaryl/α,β-unsaturated/α-hetero) is 1. The number of nitrogens with zero attached hydrogens (tertiary/aromatic N) is 2. The number of hydrogen-bond donors (Lipinski definition) is 1. The van der Waals surface area contributed by atoms with Crippen LogP contribution in [0.4, 0.5) is 0 Å². The van der Waals surface area contributed by atoms with Crippen LogP contribution in [0.1, 0.15) is 29.8 Å². The maximum Gasteiger partial charge on any atom is 0.183 e. The molecule has 1 aromatic heterocycles. The van der Waals surface area contributed by atoms with E-state index in [-0.39, 0.29) is 11.5 Å². The molecule has 2 aromatic rings. The molecule has 3 fully saturated rings. The summed E-state index contributed by atoms with van der Waals surface area (Å²) in [7, 11) is 0. The fraction of sp³-hybridized carbons (Fsp3) is 0.500. The molecule has 4 nitrogen and oxygen atoms in total. The zero-order valence-electron chi connectivity index (χ0n) is 11.8. The lowest BCUT2D eigenvalue weighted by Gasteiger charge is -2.44. The van der Waals surface area contributed by atoms with Gasteiger partial charge in [0.1, 0.15) is 11.4 Å². The normalized spacial score (nSPS) is 28.1. The molecule has 5 rings (SSSR count). The monoisotopic (exact) mass is 302 g/mol. The van der Waals surface area contributed by atoms with Gasteiger partial charge < -0.3 is 10.0 Å². The lowest BCUT2D eigenvalue weighted by atomic mass is 9.76. The Labute approximate surface area is 127 Å². The summed E-state index contributed by atoms with van der Waals surface area (Å²) in [5.41, 5.74) is 0.589. The second-order valence-electron chi connectivity index (χ2n) is 6.24. The molecule has 0 spiro atoms. The van der Waals surface area contributed by atoms with Crippen LogP contribution in [0, 0.1) is 11.8 Å². The Hall–Kier alpha value is -1.46. The van der Waals surface area contributed by atoms with Gasteiger partial charge >= 0.3 is 0 Å². The Kier molecular flexibility index (Phi) is 3.19. The largest absolute Gasteiger partial charge is 0.508 e. The van der Waals surface area contributed by atoms with Crippen LogP contribution in [0.3, 0.4) is 0 Å². The number of benzene rings is 1. The molecular weight excluding hydrogens is 284 g/mol. The van der Waals surface area contributed by atoms with Crippen molar-refractivity contribution < 1.29 is 9.90 Å². The smallest absolute Gasteiger partial charge is 0.183 e. The van der Waals surface area contributed by atoms with E-state index in [2.05, 4.69) is 9.27 Å². The van der Waals surface area contributed by atoms with E-state index in [1.807, 2.05) is 0 Å². The maximum atomic E-state index is 12.6. The quantitative estimate of drug-likeness (QED) is 0.886. The van der Waals surface area contributed by atoms with Crippen LogP contribution in [0.2, 0.25) is 0 Å². The first-order valence-electron chi connectivity index (χ1n) is 7.54. The van der Waals surface area contributed by atoms with Crippen LogP contribution in [-0.4, -0.2) is 39.8 Å². The highest BCUT2D eigenvalue weighted by Crippen LogP contribution is 2.36. The molecule has 1 aromatic carbocycles. The Morgan fingerprint density at radius 2 is 2.19 bits per heavy atom. The van der Waals surface area contributed by atoms with Gasteiger partial charge in [0.2, 0.25) is 0 Å². The highest BCUT2D eigenvalue weighted by atomic mass is 32.1. The van der Waals surface area contributed by atoms with Crippen molar-refractivity contribution in [3.8, 4) is 5.75 Å². The predicted molar refractivity (Wildman–Crippen MR) is 82.9 cm³/mol. The van der Waals surface area contributed by atoms with Crippen molar-refractivity contribution in [2.75, 3.05) is 19.6 Å². The van der Waals surface area contributed by atoms with Gasteiger partial charge in [-0.25, -0.2) is 0 Å². The third-order valence-corrected chi connectivity index (χ3v) is 5.77. The molecule has 1 atom stereocenters. The molecule has 4 heterocycles. The summed E-state index contributed by atoms with van der Waals surface area (Å²) < 4.78 is 5.21. The molecule has 0 saturated carbocycles. The third kappa shape index (κ3) is 2.34. The molecule has 0 unspecified atom stereocenters. The minimum Gasteiger partial charge on any atom is -0.508 e. The molecule has 3 saturated heterocycles. The van der Waals surface area contributed by atoms with Crippen molar-refractivity contribution in [3.05, 3.63) is 23.9 Å². The number of aromatic nitrogens is 1. The number of fused-ring (bicyclic) bond motifs is 4. The Morgan fingerprint density at radius 3 is 2.90 bits per heavy atom. The van der Waals surface area contributed by atoms with Gasteiger partial charge in [-0.2, -0.15) is 4.37 Å². The fourth-order valence-electron chi connectivity index (χ4n) is 3.78. The van der Waals surface area contributed by atoms with Gasteiger partial charge in [-0.1, -0.05) is 0 Å². The number of carbonyl (C=O) groups excluding carboxylic acids is 1. The minimum absolute atomic E-state index is 0.158. The number of ketones is 1. The van der Waals surface area contributed by atoms with E-state index in [9.17, 15) is 9.90 Å². The van der Waals surface area contributed by atoms with E-state index in [1.165, 1.54) is 37.5 Å². The average Bonchev–Trinajstić information content (AvgIpc) is 2.91. The Balaban J connectivity index is 1.56. The number of rotatable bonds is 3. The van der Waals surface area contributed by atoms with Gasteiger partial charge in [-0.3, -0.25) is 4.79 Å². The predicted octanol–water partition coefficient (Wildman–Crippen LogP) is 2.92. The summed E-state index contributed by atoms with van der Waals surface area (Å²) in [6.07, 6.45) is 3.09. The molecular formula is C16H18N2O2S. The molecule has 110 valence electrons. The molecule has 21 heavy (non-hydrogen) atoms. The third-order valence-electron chi connectivity index (χ3n) is 4.96. The van der Waals surface area contributed by atoms with Crippen molar-refractivity contribution >= 4 is 27.4 Å². The summed E-state index contributed by atoms with van der Waals surface area (Å²) in [4.78, 5) is 15.1. The van der Waals surface area contributed by atoms with Crippen molar-refractivity contribution in [1.29, 1.82) is 0 Å². The standard InChI is InChI=1S/C16H18N2O2S/c19-12-1-2-13-15(8-12)21-17-16(13)14(20)7-11-9-18-5-3-10(11)4-6-18/h1-2,8,10-11,19H,3-7,9H2/t11-/m1/s1. The number of carbonyl (C=O) groups is 1. The van der Waals surface area contributed by atoms with E-state index >= 15 is 0 Å². The lowest BCUT2D eigenvalue weighted by molar-refractivity contribution is 0.0440. The first-order chi connectivity index (χ1) is 10.2. The second-order valence-corrected chi connectivity index (χ2v) is 7.04. The SMILES string of the molecule is O=C(C[C@@H]1CN2CCC1CC2)c1nsc2cc(O)ccc12. The Bertz CT molecular complexity index is 689. The van der Waals surface area contributed by atoms with Gasteiger partial charge in [0.15, 0.2) is 5.78 Å². The number of phenols is 1. The number of piperidine rings is 3. The number of aromatic hydroxyl groups is 1. The molecule has 3 aliphatic rings. The molecule has 5 heteroatoms. The molecule has 3 aliphatic heterocycles. The molecule has 0 amide bonds. The molecule has 0 aliphatic carbocycles.